The van der Waals surface area contributed by atoms with Crippen molar-refractivity contribution in [2.45, 2.75) is 31.5 Å². The first kappa shape index (κ1) is 8.90. The molecule has 0 amide bonds. The van der Waals surface area contributed by atoms with Gasteiger partial charge in [0.25, 0.3) is 0 Å². The van der Waals surface area contributed by atoms with Crippen LogP contribution in [0.15, 0.2) is 11.1 Å². The van der Waals surface area contributed by atoms with Gasteiger partial charge in [-0.15, -0.1) is 11.8 Å². The third kappa shape index (κ3) is 1.53. The minimum atomic E-state index is 0.307. The lowest BCUT2D eigenvalue weighted by Crippen LogP contribution is -2.21. The van der Waals surface area contributed by atoms with Crippen molar-refractivity contribution in [2.75, 3.05) is 11.2 Å². The van der Waals surface area contributed by atoms with Crippen LogP contribution >= 0.6 is 11.8 Å². The average Bonchev–Trinajstić information content (AvgIpc) is 2.63. The standard InChI is InChI=1S/C8H14N4S/c1-3-6-9-10-7-5-8(13-4-2)11-12(6)7/h5-6,9-10H,3-4H2,1-2H3. The van der Waals surface area contributed by atoms with E-state index in [1.807, 2.05) is 4.68 Å². The number of hydrogen-bond acceptors (Lipinski definition) is 4. The third-order valence-electron chi connectivity index (χ3n) is 2.05. The number of nitrogens with one attached hydrogen (secondary N) is 2. The number of rotatable bonds is 3. The highest BCUT2D eigenvalue weighted by molar-refractivity contribution is 7.99. The lowest BCUT2D eigenvalue weighted by Gasteiger charge is -2.06. The van der Waals surface area contributed by atoms with Crippen molar-refractivity contribution in [3.8, 4) is 0 Å². The number of hydrogen-bond donors (Lipinski definition) is 2. The maximum atomic E-state index is 4.49. The highest BCUT2D eigenvalue weighted by Gasteiger charge is 2.21. The van der Waals surface area contributed by atoms with E-state index in [0.29, 0.717) is 6.17 Å². The van der Waals surface area contributed by atoms with Crippen molar-refractivity contribution in [3.63, 3.8) is 0 Å². The molecule has 2 heterocycles. The van der Waals surface area contributed by atoms with E-state index in [1.165, 1.54) is 0 Å². The van der Waals surface area contributed by atoms with Crippen LogP contribution in [0.3, 0.4) is 0 Å². The summed E-state index contributed by atoms with van der Waals surface area (Å²) in [6.45, 7) is 4.28. The monoisotopic (exact) mass is 198 g/mol. The molecule has 1 atom stereocenters. The summed E-state index contributed by atoms with van der Waals surface area (Å²) in [5.74, 6) is 2.14. The van der Waals surface area contributed by atoms with Crippen molar-refractivity contribution >= 4 is 17.6 Å². The Balaban J connectivity index is 2.20. The lowest BCUT2D eigenvalue weighted by atomic mass is 10.4. The average molecular weight is 198 g/mol. The van der Waals surface area contributed by atoms with Gasteiger partial charge in [-0.3, -0.25) is 0 Å². The molecule has 0 saturated carbocycles. The molecule has 5 heteroatoms. The summed E-state index contributed by atoms with van der Waals surface area (Å²) in [4.78, 5) is 0. The molecule has 1 aromatic heterocycles. The van der Waals surface area contributed by atoms with Crippen LogP contribution in [0.4, 0.5) is 5.82 Å². The molecule has 2 N–H and O–H groups in total. The normalized spacial score (nSPS) is 20.0. The van der Waals surface area contributed by atoms with Crippen LogP contribution in [0.1, 0.15) is 26.4 Å². The van der Waals surface area contributed by atoms with Crippen molar-refractivity contribution in [2.24, 2.45) is 0 Å². The lowest BCUT2D eigenvalue weighted by molar-refractivity contribution is 0.424. The van der Waals surface area contributed by atoms with Gasteiger partial charge in [0.15, 0.2) is 0 Å². The van der Waals surface area contributed by atoms with Gasteiger partial charge in [0.05, 0.1) is 0 Å². The molecule has 1 unspecified atom stereocenters. The number of aromatic nitrogens is 2. The molecule has 2 rings (SSSR count). The molecule has 0 aromatic carbocycles. The first-order valence-electron chi connectivity index (χ1n) is 4.59. The van der Waals surface area contributed by atoms with Gasteiger partial charge in [-0.05, 0) is 12.2 Å². The zero-order valence-electron chi connectivity index (χ0n) is 7.87. The molecule has 0 spiro atoms. The number of hydrazine groups is 1. The molecule has 0 saturated heterocycles. The Morgan fingerprint density at radius 3 is 3.15 bits per heavy atom. The molecule has 1 aliphatic rings. The van der Waals surface area contributed by atoms with E-state index in [9.17, 15) is 0 Å². The minimum Gasteiger partial charge on any atom is -0.304 e. The number of nitrogens with zero attached hydrogens (tertiary/aromatic N) is 2. The van der Waals surface area contributed by atoms with Crippen LogP contribution in [-0.2, 0) is 0 Å². The van der Waals surface area contributed by atoms with Gasteiger partial charge in [-0.25, -0.2) is 10.1 Å². The van der Waals surface area contributed by atoms with E-state index in [0.717, 1.165) is 23.0 Å². The van der Waals surface area contributed by atoms with E-state index >= 15 is 0 Å². The molecular weight excluding hydrogens is 184 g/mol. The van der Waals surface area contributed by atoms with E-state index in [-0.39, 0.29) is 0 Å². The Morgan fingerprint density at radius 2 is 2.46 bits per heavy atom. The summed E-state index contributed by atoms with van der Waals surface area (Å²) in [5.41, 5.74) is 6.28. The van der Waals surface area contributed by atoms with E-state index in [4.69, 9.17) is 0 Å². The zero-order valence-corrected chi connectivity index (χ0v) is 8.69. The summed E-state index contributed by atoms with van der Waals surface area (Å²) in [6.07, 6.45) is 1.35. The van der Waals surface area contributed by atoms with Crippen molar-refractivity contribution < 1.29 is 0 Å². The van der Waals surface area contributed by atoms with Crippen LogP contribution in [0, 0.1) is 0 Å². The van der Waals surface area contributed by atoms with Crippen LogP contribution in [0.5, 0.6) is 0 Å². The minimum absolute atomic E-state index is 0.307. The fourth-order valence-electron chi connectivity index (χ4n) is 1.41. The van der Waals surface area contributed by atoms with Gasteiger partial charge in [0, 0.05) is 6.07 Å². The predicted molar refractivity (Wildman–Crippen MR) is 54.7 cm³/mol. The maximum Gasteiger partial charge on any atom is 0.141 e. The summed E-state index contributed by atoms with van der Waals surface area (Å²) in [7, 11) is 0. The second-order valence-corrected chi connectivity index (χ2v) is 4.22. The Labute approximate surface area is 82.1 Å². The number of fused-ring (bicyclic) bond motifs is 1. The van der Waals surface area contributed by atoms with Gasteiger partial charge in [0.2, 0.25) is 0 Å². The van der Waals surface area contributed by atoms with Crippen LogP contribution < -0.4 is 10.9 Å². The number of thioether (sulfide) groups is 1. The highest BCUT2D eigenvalue weighted by atomic mass is 32.2. The van der Waals surface area contributed by atoms with Crippen LogP contribution in [0.2, 0.25) is 0 Å². The molecule has 1 aliphatic heterocycles. The Hall–Kier alpha value is -0.680. The Bertz CT molecular complexity index is 296. The summed E-state index contributed by atoms with van der Waals surface area (Å²) >= 11 is 1.77. The van der Waals surface area contributed by atoms with Gasteiger partial charge in [-0.2, -0.15) is 5.10 Å². The van der Waals surface area contributed by atoms with Crippen molar-refractivity contribution in [3.05, 3.63) is 6.07 Å². The first-order valence-corrected chi connectivity index (χ1v) is 5.57. The quantitative estimate of drug-likeness (QED) is 0.727. The van der Waals surface area contributed by atoms with Gasteiger partial charge >= 0.3 is 0 Å². The van der Waals surface area contributed by atoms with E-state index in [1.54, 1.807) is 11.8 Å². The predicted octanol–water partition coefficient (Wildman–Crippen LogP) is 1.83. The van der Waals surface area contributed by atoms with E-state index < -0.39 is 0 Å². The molecular formula is C8H14N4S. The molecule has 0 fully saturated rings. The number of anilines is 1. The van der Waals surface area contributed by atoms with Gasteiger partial charge in [0.1, 0.15) is 17.0 Å². The fourth-order valence-corrected chi connectivity index (χ4v) is 2.05. The molecule has 13 heavy (non-hydrogen) atoms. The summed E-state index contributed by atoms with van der Waals surface area (Å²) in [5, 5.41) is 5.59. The third-order valence-corrected chi connectivity index (χ3v) is 2.84. The maximum absolute atomic E-state index is 4.49. The first-order chi connectivity index (χ1) is 6.35. The summed E-state index contributed by atoms with van der Waals surface area (Å²) < 4.78 is 2.01. The Kier molecular flexibility index (Phi) is 2.46. The zero-order chi connectivity index (χ0) is 9.26. The van der Waals surface area contributed by atoms with Crippen LogP contribution in [0.25, 0.3) is 0 Å². The summed E-state index contributed by atoms with van der Waals surface area (Å²) in [6, 6.07) is 2.08. The second kappa shape index (κ2) is 3.59. The van der Waals surface area contributed by atoms with Gasteiger partial charge in [-0.1, -0.05) is 13.8 Å². The van der Waals surface area contributed by atoms with Gasteiger partial charge < -0.3 is 5.43 Å². The fraction of sp³-hybridized carbons (Fsp3) is 0.625. The largest absolute Gasteiger partial charge is 0.304 e. The highest BCUT2D eigenvalue weighted by Crippen LogP contribution is 2.26. The SMILES string of the molecule is CCSc1cc2n(n1)C(CC)NN2. The second-order valence-electron chi connectivity index (χ2n) is 2.94. The molecule has 1 aromatic rings. The van der Waals surface area contributed by atoms with Crippen LogP contribution in [-0.4, -0.2) is 15.5 Å². The molecule has 72 valence electrons. The van der Waals surface area contributed by atoms with E-state index in [2.05, 4.69) is 35.9 Å². The molecule has 0 aliphatic carbocycles. The van der Waals surface area contributed by atoms with Crippen molar-refractivity contribution in [1.82, 2.24) is 15.2 Å². The topological polar surface area (TPSA) is 41.9 Å². The molecule has 4 nitrogen and oxygen atoms in total. The smallest absolute Gasteiger partial charge is 0.141 e. The van der Waals surface area contributed by atoms with Crippen molar-refractivity contribution in [1.29, 1.82) is 0 Å². The molecule has 0 radical (unpaired) electrons. The Morgan fingerprint density at radius 1 is 1.62 bits per heavy atom. The molecule has 0 bridgehead atoms.